The first-order chi connectivity index (χ1) is 7.34. The molecule has 3 heteroatoms. The van der Waals surface area contributed by atoms with E-state index in [-0.39, 0.29) is 0 Å². The van der Waals surface area contributed by atoms with Crippen molar-refractivity contribution in [2.45, 2.75) is 6.92 Å². The highest BCUT2D eigenvalue weighted by atomic mass is 32.1. The zero-order chi connectivity index (χ0) is 10.3. The van der Waals surface area contributed by atoms with Crippen molar-refractivity contribution < 1.29 is 0 Å². The quantitative estimate of drug-likeness (QED) is 0.607. The van der Waals surface area contributed by atoms with Gasteiger partial charge in [-0.25, -0.2) is 4.98 Å². The second-order valence-electron chi connectivity index (χ2n) is 3.39. The van der Waals surface area contributed by atoms with Gasteiger partial charge < -0.3 is 0 Å². The first kappa shape index (κ1) is 9.07. The Morgan fingerprint density at radius 1 is 1.13 bits per heavy atom. The van der Waals surface area contributed by atoms with Gasteiger partial charge >= 0.3 is 0 Å². The summed E-state index contributed by atoms with van der Waals surface area (Å²) in [5, 5.41) is 3.25. The van der Waals surface area contributed by atoms with Crippen molar-refractivity contribution in [3.63, 3.8) is 0 Å². The predicted octanol–water partition coefficient (Wildman–Crippen LogP) is 4.33. The fraction of sp³-hybridized carbons (Fsp3) is 0.0833. The van der Waals surface area contributed by atoms with E-state index in [2.05, 4.69) is 41.6 Å². The van der Waals surface area contributed by atoms with Gasteiger partial charge in [0.25, 0.3) is 0 Å². The van der Waals surface area contributed by atoms with Crippen LogP contribution in [0.25, 0.3) is 20.8 Å². The Morgan fingerprint density at radius 2 is 1.93 bits per heavy atom. The van der Waals surface area contributed by atoms with E-state index in [0.29, 0.717) is 0 Å². The average Bonchev–Trinajstić information content (AvgIpc) is 2.83. The maximum atomic E-state index is 4.63. The number of hydrogen-bond donors (Lipinski definition) is 0. The van der Waals surface area contributed by atoms with Gasteiger partial charge in [0.2, 0.25) is 0 Å². The summed E-state index contributed by atoms with van der Waals surface area (Å²) in [6.45, 7) is 2.15. The molecule has 0 N–H and O–H groups in total. The molecule has 2 aromatic heterocycles. The number of aromatic nitrogens is 1. The first-order valence-corrected chi connectivity index (χ1v) is 6.44. The van der Waals surface area contributed by atoms with Gasteiger partial charge in [0.05, 0.1) is 10.2 Å². The fourth-order valence-electron chi connectivity index (χ4n) is 1.57. The van der Waals surface area contributed by atoms with Crippen molar-refractivity contribution in [1.29, 1.82) is 0 Å². The van der Waals surface area contributed by atoms with Crippen LogP contribution in [0.15, 0.2) is 35.7 Å². The SMILES string of the molecule is Cc1scc2nc(-c3ccccc3)sc12. The topological polar surface area (TPSA) is 12.9 Å². The average molecular weight is 231 g/mol. The molecule has 0 spiro atoms. The van der Waals surface area contributed by atoms with E-state index in [1.807, 2.05) is 6.07 Å². The number of aryl methyl sites for hydroxylation is 1. The second kappa shape index (κ2) is 3.43. The minimum Gasteiger partial charge on any atom is -0.235 e. The Hall–Kier alpha value is -1.19. The Balaban J connectivity index is 2.20. The molecule has 1 aromatic carbocycles. The number of benzene rings is 1. The third-order valence-electron chi connectivity index (χ3n) is 2.34. The summed E-state index contributed by atoms with van der Waals surface area (Å²) in [5.41, 5.74) is 2.35. The first-order valence-electron chi connectivity index (χ1n) is 4.74. The third kappa shape index (κ3) is 1.48. The summed E-state index contributed by atoms with van der Waals surface area (Å²) in [4.78, 5) is 6.00. The zero-order valence-corrected chi connectivity index (χ0v) is 9.86. The highest BCUT2D eigenvalue weighted by Gasteiger charge is 2.08. The Kier molecular flexibility index (Phi) is 2.08. The number of nitrogens with zero attached hydrogens (tertiary/aromatic N) is 1. The number of rotatable bonds is 1. The number of fused-ring (bicyclic) bond motifs is 1. The Morgan fingerprint density at radius 3 is 2.67 bits per heavy atom. The van der Waals surface area contributed by atoms with Gasteiger partial charge in [0, 0.05) is 15.8 Å². The van der Waals surface area contributed by atoms with Crippen molar-refractivity contribution in [2.24, 2.45) is 0 Å². The molecule has 15 heavy (non-hydrogen) atoms. The van der Waals surface area contributed by atoms with Crippen molar-refractivity contribution in [3.8, 4) is 10.6 Å². The lowest BCUT2D eigenvalue weighted by Gasteiger charge is -1.92. The van der Waals surface area contributed by atoms with Crippen LogP contribution in [0.3, 0.4) is 0 Å². The molecule has 0 unspecified atom stereocenters. The lowest BCUT2D eigenvalue weighted by atomic mass is 10.2. The molecular weight excluding hydrogens is 222 g/mol. The molecule has 0 aliphatic carbocycles. The van der Waals surface area contributed by atoms with Crippen LogP contribution in [0.2, 0.25) is 0 Å². The smallest absolute Gasteiger partial charge is 0.124 e. The van der Waals surface area contributed by atoms with Gasteiger partial charge in [-0.05, 0) is 6.92 Å². The van der Waals surface area contributed by atoms with Crippen LogP contribution < -0.4 is 0 Å². The molecule has 0 aliphatic heterocycles. The van der Waals surface area contributed by atoms with E-state index >= 15 is 0 Å². The monoisotopic (exact) mass is 231 g/mol. The summed E-state index contributed by atoms with van der Waals surface area (Å²) >= 11 is 3.56. The molecule has 0 aliphatic rings. The van der Waals surface area contributed by atoms with Crippen LogP contribution in [0.5, 0.6) is 0 Å². The van der Waals surface area contributed by atoms with Gasteiger partial charge in [-0.15, -0.1) is 22.7 Å². The van der Waals surface area contributed by atoms with Crippen LogP contribution in [0, 0.1) is 6.92 Å². The van der Waals surface area contributed by atoms with Crippen LogP contribution in [0.1, 0.15) is 4.88 Å². The fourth-order valence-corrected chi connectivity index (χ4v) is 3.52. The van der Waals surface area contributed by atoms with Crippen LogP contribution in [-0.4, -0.2) is 4.98 Å². The predicted molar refractivity (Wildman–Crippen MR) is 67.7 cm³/mol. The normalized spacial score (nSPS) is 11.0. The maximum absolute atomic E-state index is 4.63. The van der Waals surface area contributed by atoms with E-state index in [1.54, 1.807) is 22.7 Å². The summed E-state index contributed by atoms with van der Waals surface area (Å²) in [5.74, 6) is 0. The lowest BCUT2D eigenvalue weighted by molar-refractivity contribution is 1.49. The largest absolute Gasteiger partial charge is 0.235 e. The van der Waals surface area contributed by atoms with Gasteiger partial charge in [-0.1, -0.05) is 30.3 Å². The minimum atomic E-state index is 1.12. The van der Waals surface area contributed by atoms with E-state index < -0.39 is 0 Å². The van der Waals surface area contributed by atoms with E-state index in [0.717, 1.165) is 10.5 Å². The Labute approximate surface area is 96.0 Å². The molecule has 0 saturated heterocycles. The minimum absolute atomic E-state index is 1.12. The summed E-state index contributed by atoms with van der Waals surface area (Å²) in [6.07, 6.45) is 0. The molecule has 0 radical (unpaired) electrons. The summed E-state index contributed by atoms with van der Waals surface area (Å²) in [6, 6.07) is 10.4. The van der Waals surface area contributed by atoms with Gasteiger partial charge in [-0.3, -0.25) is 0 Å². The second-order valence-corrected chi connectivity index (χ2v) is 5.47. The van der Waals surface area contributed by atoms with Crippen molar-refractivity contribution in [3.05, 3.63) is 40.6 Å². The molecule has 1 nitrogen and oxygen atoms in total. The molecule has 3 aromatic rings. The van der Waals surface area contributed by atoms with Crippen molar-refractivity contribution in [2.75, 3.05) is 0 Å². The summed E-state index contributed by atoms with van der Waals surface area (Å²) < 4.78 is 1.33. The molecule has 0 amide bonds. The maximum Gasteiger partial charge on any atom is 0.124 e. The number of thiazole rings is 1. The molecule has 0 atom stereocenters. The van der Waals surface area contributed by atoms with E-state index in [1.165, 1.54) is 15.1 Å². The van der Waals surface area contributed by atoms with Gasteiger partial charge in [-0.2, -0.15) is 0 Å². The Bertz CT molecular complexity index is 592. The molecule has 0 bridgehead atoms. The van der Waals surface area contributed by atoms with E-state index in [9.17, 15) is 0 Å². The molecule has 0 saturated carbocycles. The van der Waals surface area contributed by atoms with Gasteiger partial charge in [0.1, 0.15) is 5.01 Å². The highest BCUT2D eigenvalue weighted by molar-refractivity contribution is 7.25. The standard InChI is InChI=1S/C12H9NS2/c1-8-11-10(7-14-8)13-12(15-11)9-5-3-2-4-6-9/h2-7H,1H3. The summed E-state index contributed by atoms with van der Waals surface area (Å²) in [7, 11) is 0. The highest BCUT2D eigenvalue weighted by Crippen LogP contribution is 2.34. The van der Waals surface area contributed by atoms with Crippen LogP contribution >= 0.6 is 22.7 Å². The van der Waals surface area contributed by atoms with Crippen molar-refractivity contribution >= 4 is 32.9 Å². The van der Waals surface area contributed by atoms with Crippen LogP contribution in [-0.2, 0) is 0 Å². The molecule has 3 rings (SSSR count). The van der Waals surface area contributed by atoms with E-state index in [4.69, 9.17) is 0 Å². The lowest BCUT2D eigenvalue weighted by Crippen LogP contribution is -1.72. The molecule has 74 valence electrons. The molecule has 2 heterocycles. The number of hydrogen-bond acceptors (Lipinski definition) is 3. The zero-order valence-electron chi connectivity index (χ0n) is 8.23. The van der Waals surface area contributed by atoms with Crippen molar-refractivity contribution in [1.82, 2.24) is 4.98 Å². The third-order valence-corrected chi connectivity index (χ3v) is 4.61. The van der Waals surface area contributed by atoms with Crippen LogP contribution in [0.4, 0.5) is 0 Å². The molecule has 0 fully saturated rings. The number of thiophene rings is 1. The van der Waals surface area contributed by atoms with Gasteiger partial charge in [0.15, 0.2) is 0 Å². The molecular formula is C12H9NS2.